The molecule has 6 heterocycles. The molecule has 4 aromatic rings. The number of anilines is 2. The molecule has 1 saturated heterocycles. The molecule has 198 valence electrons. The highest BCUT2D eigenvalue weighted by Crippen LogP contribution is 2.48. The number of hydrogen-bond donors (Lipinski definition) is 2. The second-order valence-electron chi connectivity index (χ2n) is 9.36. The number of carbonyl (C=O) groups excluding carboxylic acids is 1. The molecule has 0 aliphatic carbocycles. The summed E-state index contributed by atoms with van der Waals surface area (Å²) < 4.78 is 41.1. The number of pyridine rings is 1. The number of aromatic nitrogens is 6. The number of nitrogens with zero attached hydrogens (tertiary/aromatic N) is 7. The fourth-order valence-corrected chi connectivity index (χ4v) is 6.13. The molecular weight excluding hydrogens is 543 g/mol. The fraction of sp³-hybridized carbons (Fsp3) is 0.348. The summed E-state index contributed by atoms with van der Waals surface area (Å²) in [5.41, 5.74) is 7.88. The zero-order valence-corrected chi connectivity index (χ0v) is 21.3. The van der Waals surface area contributed by atoms with E-state index in [0.29, 0.717) is 9.92 Å². The minimum absolute atomic E-state index is 0.0149. The van der Waals surface area contributed by atoms with Gasteiger partial charge in [-0.25, -0.2) is 15.0 Å². The molecule has 0 radical (unpaired) electrons. The van der Waals surface area contributed by atoms with Crippen LogP contribution < -0.4 is 16.0 Å². The third kappa shape index (κ3) is 4.35. The van der Waals surface area contributed by atoms with E-state index in [4.69, 9.17) is 17.3 Å². The van der Waals surface area contributed by atoms with Crippen LogP contribution in [0.25, 0.3) is 5.65 Å². The Balaban J connectivity index is 1.12. The first-order valence-electron chi connectivity index (χ1n) is 11.7. The average molecular weight is 564 g/mol. The number of alkyl halides is 3. The minimum Gasteiger partial charge on any atom is -0.355 e. The average Bonchev–Trinajstić information content (AvgIpc) is 3.58. The molecule has 38 heavy (non-hydrogen) atoms. The van der Waals surface area contributed by atoms with Crippen molar-refractivity contribution in [2.75, 3.05) is 23.3 Å². The molecule has 0 bridgehead atoms. The maximum atomic E-state index is 12.5. The van der Waals surface area contributed by atoms with Gasteiger partial charge in [0.1, 0.15) is 10.8 Å². The number of nitrogens with one attached hydrogen (secondary N) is 1. The van der Waals surface area contributed by atoms with E-state index in [-0.39, 0.29) is 27.9 Å². The molecular formula is C23H21ClF3N9OS. The Labute approximate surface area is 223 Å². The topological polar surface area (TPSA) is 119 Å². The molecule has 0 aromatic carbocycles. The molecule has 1 unspecified atom stereocenters. The Hall–Kier alpha value is -3.36. The van der Waals surface area contributed by atoms with Crippen LogP contribution in [0.5, 0.6) is 0 Å². The number of carbonyl (C=O) groups is 1. The maximum Gasteiger partial charge on any atom is 0.471 e. The van der Waals surface area contributed by atoms with Crippen LogP contribution in [0.2, 0.25) is 5.02 Å². The quantitative estimate of drug-likeness (QED) is 0.383. The van der Waals surface area contributed by atoms with E-state index >= 15 is 0 Å². The molecule has 1 atom stereocenters. The number of amides is 1. The highest BCUT2D eigenvalue weighted by Gasteiger charge is 2.47. The minimum atomic E-state index is -5.02. The Morgan fingerprint density at radius 3 is 2.68 bits per heavy atom. The van der Waals surface area contributed by atoms with Gasteiger partial charge in [0.05, 0.1) is 35.3 Å². The van der Waals surface area contributed by atoms with E-state index in [1.807, 2.05) is 10.7 Å². The first-order chi connectivity index (χ1) is 18.1. The van der Waals surface area contributed by atoms with E-state index in [1.54, 1.807) is 36.2 Å². The normalized spacial score (nSPS) is 18.8. The number of piperidine rings is 1. The summed E-state index contributed by atoms with van der Waals surface area (Å²) in [7, 11) is 0. The highest BCUT2D eigenvalue weighted by molar-refractivity contribution is 7.99. The number of halogens is 4. The van der Waals surface area contributed by atoms with Gasteiger partial charge in [-0.15, -0.1) is 0 Å². The summed E-state index contributed by atoms with van der Waals surface area (Å²) in [6.07, 6.45) is 4.85. The van der Waals surface area contributed by atoms with Gasteiger partial charge in [-0.05, 0) is 25.0 Å². The van der Waals surface area contributed by atoms with Crippen LogP contribution >= 0.6 is 23.4 Å². The summed E-state index contributed by atoms with van der Waals surface area (Å²) >= 11 is 7.72. The lowest BCUT2D eigenvalue weighted by Crippen LogP contribution is -2.45. The van der Waals surface area contributed by atoms with Crippen molar-refractivity contribution in [3.05, 3.63) is 53.8 Å². The van der Waals surface area contributed by atoms with Crippen LogP contribution in [0.3, 0.4) is 0 Å². The van der Waals surface area contributed by atoms with Gasteiger partial charge in [-0.3, -0.25) is 9.48 Å². The summed E-state index contributed by atoms with van der Waals surface area (Å²) in [6, 6.07) is 3.66. The monoisotopic (exact) mass is 563 g/mol. The molecule has 1 fully saturated rings. The number of imidazole rings is 1. The Morgan fingerprint density at radius 1 is 1.21 bits per heavy atom. The first kappa shape index (κ1) is 24.9. The van der Waals surface area contributed by atoms with Crippen molar-refractivity contribution in [1.29, 1.82) is 0 Å². The molecule has 0 saturated carbocycles. The van der Waals surface area contributed by atoms with Crippen LogP contribution in [0, 0.1) is 5.41 Å². The van der Waals surface area contributed by atoms with Crippen molar-refractivity contribution in [3.63, 3.8) is 0 Å². The highest BCUT2D eigenvalue weighted by atomic mass is 35.5. The molecule has 6 rings (SSSR count). The van der Waals surface area contributed by atoms with Crippen molar-refractivity contribution in [1.82, 2.24) is 29.1 Å². The Kier molecular flexibility index (Phi) is 6.00. The Bertz CT molecular complexity index is 1510. The van der Waals surface area contributed by atoms with E-state index in [9.17, 15) is 18.0 Å². The number of nitrogens with two attached hydrogens (primary N) is 1. The maximum absolute atomic E-state index is 12.5. The van der Waals surface area contributed by atoms with Crippen LogP contribution in [0.15, 0.2) is 53.0 Å². The zero-order valence-electron chi connectivity index (χ0n) is 19.7. The van der Waals surface area contributed by atoms with Crippen molar-refractivity contribution >= 4 is 46.6 Å². The summed E-state index contributed by atoms with van der Waals surface area (Å²) in [6.45, 7) is 2.47. The number of hydrogen-bond acceptors (Lipinski definition) is 8. The summed E-state index contributed by atoms with van der Waals surface area (Å²) in [5.74, 6) is -1.59. The molecule has 4 aromatic heterocycles. The third-order valence-electron chi connectivity index (χ3n) is 7.14. The lowest BCUT2D eigenvalue weighted by molar-refractivity contribution is -0.167. The standard InChI is InChI=1S/C23H21ClF3N9OS/c24-18-14(2-6-35-11-15(32-20(18)35)33-21(37)23(25,26)27)38-17-10-29-16(9-30-17)34-7-3-22(4-8-34)12-36-13(19(22)28)1-5-31-36/h1-2,5-6,9-11,19H,3-4,7-8,12,28H2,(H,33,37). The molecule has 15 heteroatoms. The number of rotatable bonds is 4. The van der Waals surface area contributed by atoms with Gasteiger partial charge in [-0.1, -0.05) is 23.4 Å². The van der Waals surface area contributed by atoms with Crippen molar-refractivity contribution in [2.24, 2.45) is 11.1 Å². The van der Waals surface area contributed by atoms with Crippen LogP contribution in [-0.2, 0) is 11.3 Å². The van der Waals surface area contributed by atoms with Crippen LogP contribution in [0.1, 0.15) is 24.6 Å². The second-order valence-corrected chi connectivity index (χ2v) is 10.8. The number of fused-ring (bicyclic) bond motifs is 2. The first-order valence-corrected chi connectivity index (χ1v) is 12.9. The van der Waals surface area contributed by atoms with Crippen LogP contribution in [0.4, 0.5) is 24.8 Å². The Morgan fingerprint density at radius 2 is 2.00 bits per heavy atom. The molecule has 1 amide bonds. The smallest absolute Gasteiger partial charge is 0.355 e. The zero-order chi connectivity index (χ0) is 26.7. The largest absolute Gasteiger partial charge is 0.471 e. The van der Waals surface area contributed by atoms with Gasteiger partial charge >= 0.3 is 12.1 Å². The van der Waals surface area contributed by atoms with Gasteiger partial charge in [0.25, 0.3) is 0 Å². The predicted octanol–water partition coefficient (Wildman–Crippen LogP) is 3.93. The third-order valence-corrected chi connectivity index (χ3v) is 8.60. The molecule has 1 spiro atoms. The fourth-order valence-electron chi connectivity index (χ4n) is 5.07. The molecule has 3 N–H and O–H groups in total. The molecule has 2 aliphatic heterocycles. The summed E-state index contributed by atoms with van der Waals surface area (Å²) in [4.78, 5) is 27.1. The lowest BCUT2D eigenvalue weighted by Gasteiger charge is -2.41. The van der Waals surface area contributed by atoms with E-state index in [0.717, 1.165) is 44.0 Å². The van der Waals surface area contributed by atoms with Gasteiger partial charge in [0, 0.05) is 42.3 Å². The van der Waals surface area contributed by atoms with E-state index in [1.165, 1.54) is 22.4 Å². The van der Waals surface area contributed by atoms with E-state index < -0.39 is 12.1 Å². The van der Waals surface area contributed by atoms with Gasteiger partial charge < -0.3 is 20.4 Å². The lowest BCUT2D eigenvalue weighted by atomic mass is 9.73. The van der Waals surface area contributed by atoms with E-state index in [2.05, 4.69) is 25.0 Å². The van der Waals surface area contributed by atoms with Gasteiger partial charge in [0.15, 0.2) is 11.5 Å². The predicted molar refractivity (Wildman–Crippen MR) is 134 cm³/mol. The summed E-state index contributed by atoms with van der Waals surface area (Å²) in [5, 5.41) is 6.92. The van der Waals surface area contributed by atoms with Crippen molar-refractivity contribution < 1.29 is 18.0 Å². The van der Waals surface area contributed by atoms with Crippen LogP contribution in [-0.4, -0.2) is 54.3 Å². The second kappa shape index (κ2) is 9.13. The van der Waals surface area contributed by atoms with Gasteiger partial charge in [-0.2, -0.15) is 18.3 Å². The van der Waals surface area contributed by atoms with Crippen molar-refractivity contribution in [2.45, 2.75) is 41.5 Å². The van der Waals surface area contributed by atoms with Crippen molar-refractivity contribution in [3.8, 4) is 0 Å². The SMILES string of the molecule is NC1c2ccnn2CC12CCN(c1cnc(Sc3ccn4cc(NC(=O)C(F)(F)F)nc4c3Cl)cn1)CC2. The van der Waals surface area contributed by atoms with Gasteiger partial charge in [0.2, 0.25) is 0 Å². The molecule has 2 aliphatic rings. The molecule has 10 nitrogen and oxygen atoms in total.